The summed E-state index contributed by atoms with van der Waals surface area (Å²) >= 11 is 0. The van der Waals surface area contributed by atoms with Gasteiger partial charge in [0.05, 0.1) is 11.0 Å². The third kappa shape index (κ3) is 4.00. The summed E-state index contributed by atoms with van der Waals surface area (Å²) in [4.78, 5) is 7.44. The Balaban J connectivity index is 1.23. The van der Waals surface area contributed by atoms with E-state index in [1.165, 1.54) is 24.3 Å². The molecule has 9 aromatic rings. The second-order valence-corrected chi connectivity index (χ2v) is 16.0. The standard InChI is InChI=1S/C48H32F4N2/c1-47(2)35-21-34-36(22-33(35)43-37(47)19-31(23-13-25(49)17-26(50)14-23)41-29-9-5-7-11-39(29)53-45(41)43)48(3,4)38-20-32(24-15-27(51)18-28(52)16-24)42-30-10-6-8-12-40(30)54-46(42)44(34)38/h5-22,53-54H,1-4H3. The minimum absolute atomic E-state index is 0.475. The number of aromatic amines is 2. The van der Waals surface area contributed by atoms with Crippen LogP contribution in [-0.2, 0) is 10.8 Å². The van der Waals surface area contributed by atoms with Crippen LogP contribution < -0.4 is 0 Å². The number of aromatic nitrogens is 2. The average molecular weight is 713 g/mol. The van der Waals surface area contributed by atoms with Gasteiger partial charge in [-0.05, 0) is 116 Å². The van der Waals surface area contributed by atoms with E-state index in [2.05, 4.69) is 74.1 Å². The first kappa shape index (κ1) is 31.4. The number of benzene rings is 7. The van der Waals surface area contributed by atoms with Gasteiger partial charge in [0.1, 0.15) is 23.3 Å². The highest BCUT2D eigenvalue weighted by Gasteiger charge is 2.44. The largest absolute Gasteiger partial charge is 0.354 e. The minimum Gasteiger partial charge on any atom is -0.354 e. The molecule has 6 heteroatoms. The maximum Gasteiger partial charge on any atom is 0.126 e. The molecule has 2 N–H and O–H groups in total. The molecule has 0 bridgehead atoms. The summed E-state index contributed by atoms with van der Waals surface area (Å²) in [5.74, 6) is -2.47. The van der Waals surface area contributed by atoms with Crippen molar-refractivity contribution in [2.75, 3.05) is 0 Å². The van der Waals surface area contributed by atoms with Crippen LogP contribution in [0.1, 0.15) is 49.9 Å². The summed E-state index contributed by atoms with van der Waals surface area (Å²) in [7, 11) is 0. The lowest BCUT2D eigenvalue weighted by Gasteiger charge is -2.24. The zero-order valence-electron chi connectivity index (χ0n) is 29.9. The van der Waals surface area contributed by atoms with E-state index in [0.29, 0.717) is 11.1 Å². The van der Waals surface area contributed by atoms with E-state index in [4.69, 9.17) is 0 Å². The first-order valence-corrected chi connectivity index (χ1v) is 18.2. The van der Waals surface area contributed by atoms with Crippen LogP contribution in [0, 0.1) is 23.3 Å². The van der Waals surface area contributed by atoms with E-state index in [1.54, 1.807) is 0 Å². The summed E-state index contributed by atoms with van der Waals surface area (Å²) in [6.45, 7) is 8.87. The van der Waals surface area contributed by atoms with Gasteiger partial charge in [-0.25, -0.2) is 17.6 Å². The fraction of sp³-hybridized carbons (Fsp3) is 0.125. The van der Waals surface area contributed by atoms with Gasteiger partial charge in [-0.15, -0.1) is 0 Å². The Morgan fingerprint density at radius 3 is 1.15 bits per heavy atom. The highest BCUT2D eigenvalue weighted by atomic mass is 19.1. The summed E-state index contributed by atoms with van der Waals surface area (Å²) < 4.78 is 59.1. The van der Waals surface area contributed by atoms with E-state index in [9.17, 15) is 17.6 Å². The van der Waals surface area contributed by atoms with Gasteiger partial charge < -0.3 is 9.97 Å². The van der Waals surface area contributed by atoms with Crippen LogP contribution >= 0.6 is 0 Å². The van der Waals surface area contributed by atoms with E-state index in [1.807, 2.05) is 36.4 Å². The summed E-state index contributed by atoms with van der Waals surface area (Å²) in [5.41, 5.74) is 14.2. The molecule has 0 saturated carbocycles. The first-order chi connectivity index (χ1) is 25.9. The molecular formula is C48H32F4N2. The van der Waals surface area contributed by atoms with Crippen molar-refractivity contribution in [1.82, 2.24) is 9.97 Å². The van der Waals surface area contributed by atoms with E-state index < -0.39 is 34.1 Å². The predicted molar refractivity (Wildman–Crippen MR) is 211 cm³/mol. The average Bonchev–Trinajstić information content (AvgIpc) is 3.82. The first-order valence-electron chi connectivity index (χ1n) is 18.2. The molecule has 7 aromatic carbocycles. The van der Waals surface area contributed by atoms with Gasteiger partial charge in [0, 0.05) is 66.7 Å². The topological polar surface area (TPSA) is 31.6 Å². The van der Waals surface area contributed by atoms with E-state index in [0.717, 1.165) is 111 Å². The van der Waals surface area contributed by atoms with E-state index >= 15 is 0 Å². The molecule has 0 atom stereocenters. The van der Waals surface area contributed by atoms with Crippen LogP contribution in [0.4, 0.5) is 17.6 Å². The summed E-state index contributed by atoms with van der Waals surface area (Å²) in [6.07, 6.45) is 0. The SMILES string of the molecule is CC1(C)c2cc3c(cc2-c2c1cc(-c1cc(F)cc(F)c1)c1c2[nH]c2ccccc21)C(C)(C)c1cc(-c2cc(F)cc(F)c2)c2c([nH]c4ccccc42)c1-3. The number of H-pyrrole nitrogens is 2. The predicted octanol–water partition coefficient (Wildman–Crippen LogP) is 13.5. The molecule has 262 valence electrons. The molecule has 0 radical (unpaired) electrons. The van der Waals surface area contributed by atoms with Gasteiger partial charge in [-0.1, -0.05) is 64.1 Å². The third-order valence-electron chi connectivity index (χ3n) is 12.3. The molecule has 2 nitrogen and oxygen atoms in total. The number of fused-ring (bicyclic) bond motifs is 14. The molecule has 2 aliphatic carbocycles. The molecule has 2 aromatic heterocycles. The van der Waals surface area contributed by atoms with Gasteiger partial charge in [-0.2, -0.15) is 0 Å². The number of rotatable bonds is 2. The van der Waals surface area contributed by atoms with Crippen molar-refractivity contribution in [1.29, 1.82) is 0 Å². The summed E-state index contributed by atoms with van der Waals surface area (Å²) in [5, 5.41) is 3.82. The van der Waals surface area contributed by atoms with Crippen molar-refractivity contribution >= 4 is 43.6 Å². The number of hydrogen-bond donors (Lipinski definition) is 2. The lowest BCUT2D eigenvalue weighted by Crippen LogP contribution is -2.17. The maximum atomic E-state index is 14.8. The van der Waals surface area contributed by atoms with Crippen molar-refractivity contribution in [3.8, 4) is 44.5 Å². The summed E-state index contributed by atoms with van der Waals surface area (Å²) in [6, 6.07) is 32.5. The molecule has 0 saturated heterocycles. The van der Waals surface area contributed by atoms with Crippen LogP contribution in [0.25, 0.3) is 88.1 Å². The zero-order chi connectivity index (χ0) is 37.0. The lowest BCUT2D eigenvalue weighted by atomic mass is 9.78. The quantitative estimate of drug-likeness (QED) is 0.167. The number of para-hydroxylation sites is 2. The van der Waals surface area contributed by atoms with Gasteiger partial charge in [0.2, 0.25) is 0 Å². The molecule has 0 fully saturated rings. The zero-order valence-corrected chi connectivity index (χ0v) is 29.9. The molecule has 0 amide bonds. The molecule has 2 aliphatic rings. The molecule has 2 heterocycles. The smallest absolute Gasteiger partial charge is 0.126 e. The van der Waals surface area contributed by atoms with Crippen molar-refractivity contribution < 1.29 is 17.6 Å². The second-order valence-electron chi connectivity index (χ2n) is 16.0. The van der Waals surface area contributed by atoms with Gasteiger partial charge in [-0.3, -0.25) is 0 Å². The second kappa shape index (κ2) is 10.3. The molecular weight excluding hydrogens is 681 g/mol. The Morgan fingerprint density at radius 2 is 0.759 bits per heavy atom. The lowest BCUT2D eigenvalue weighted by molar-refractivity contribution is 0.583. The highest BCUT2D eigenvalue weighted by Crippen LogP contribution is 2.60. The minimum atomic E-state index is -0.618. The fourth-order valence-corrected chi connectivity index (χ4v) is 9.82. The van der Waals surface area contributed by atoms with Crippen LogP contribution in [0.15, 0.2) is 109 Å². The third-order valence-corrected chi connectivity index (χ3v) is 12.3. The van der Waals surface area contributed by atoms with Gasteiger partial charge in [0.25, 0.3) is 0 Å². The molecule has 54 heavy (non-hydrogen) atoms. The van der Waals surface area contributed by atoms with Gasteiger partial charge in [0.15, 0.2) is 0 Å². The Labute approximate surface area is 308 Å². The Morgan fingerprint density at radius 1 is 0.407 bits per heavy atom. The maximum absolute atomic E-state index is 14.8. The van der Waals surface area contributed by atoms with Crippen LogP contribution in [0.2, 0.25) is 0 Å². The van der Waals surface area contributed by atoms with Crippen molar-refractivity contribution in [2.24, 2.45) is 0 Å². The molecule has 11 rings (SSSR count). The number of halogens is 4. The molecule has 0 aliphatic heterocycles. The Hall–Kier alpha value is -6.14. The van der Waals surface area contributed by atoms with Crippen LogP contribution in [-0.4, -0.2) is 9.97 Å². The number of hydrogen-bond acceptors (Lipinski definition) is 0. The molecule has 0 spiro atoms. The Kier molecular flexibility index (Phi) is 5.98. The van der Waals surface area contributed by atoms with Gasteiger partial charge >= 0.3 is 0 Å². The molecule has 0 unspecified atom stereocenters. The van der Waals surface area contributed by atoms with Crippen LogP contribution in [0.3, 0.4) is 0 Å². The van der Waals surface area contributed by atoms with Crippen LogP contribution in [0.5, 0.6) is 0 Å². The highest BCUT2D eigenvalue weighted by molar-refractivity contribution is 6.22. The van der Waals surface area contributed by atoms with Crippen molar-refractivity contribution in [3.63, 3.8) is 0 Å². The fourth-order valence-electron chi connectivity index (χ4n) is 9.82. The Bertz CT molecular complexity index is 2910. The monoisotopic (exact) mass is 712 g/mol. The van der Waals surface area contributed by atoms with E-state index in [-0.39, 0.29) is 0 Å². The number of nitrogens with one attached hydrogen (secondary N) is 2. The van der Waals surface area contributed by atoms with Crippen molar-refractivity contribution in [3.05, 3.63) is 155 Å². The van der Waals surface area contributed by atoms with Crippen molar-refractivity contribution in [2.45, 2.75) is 38.5 Å². The normalized spacial score (nSPS) is 15.0.